The number of rotatable bonds is 3. The van der Waals surface area contributed by atoms with Crippen LogP contribution in [0.5, 0.6) is 0 Å². The molecule has 2 heteroatoms. The molecule has 2 nitrogen and oxygen atoms in total. The van der Waals surface area contributed by atoms with E-state index >= 15 is 0 Å². The molecular weight excluding hydrogens is 172 g/mol. The van der Waals surface area contributed by atoms with E-state index < -0.39 is 0 Å². The summed E-state index contributed by atoms with van der Waals surface area (Å²) >= 11 is 0. The Morgan fingerprint density at radius 3 is 2.93 bits per heavy atom. The lowest BCUT2D eigenvalue weighted by Gasteiger charge is -2.13. The van der Waals surface area contributed by atoms with E-state index in [1.54, 1.807) is 0 Å². The van der Waals surface area contributed by atoms with Gasteiger partial charge < -0.3 is 5.32 Å². The van der Waals surface area contributed by atoms with Crippen molar-refractivity contribution in [2.24, 2.45) is 10.9 Å². The molecule has 0 saturated heterocycles. The lowest BCUT2D eigenvalue weighted by atomic mass is 10.1. The van der Waals surface area contributed by atoms with Crippen molar-refractivity contribution in [3.8, 4) is 0 Å². The van der Waals surface area contributed by atoms with Crippen LogP contribution in [0.15, 0.2) is 40.8 Å². The van der Waals surface area contributed by atoms with Crippen LogP contribution in [0.2, 0.25) is 0 Å². The fourth-order valence-electron chi connectivity index (χ4n) is 1.14. The molecule has 1 aliphatic rings. The Bertz CT molecular complexity index is 308. The van der Waals surface area contributed by atoms with Gasteiger partial charge in [-0.25, -0.2) is 0 Å². The van der Waals surface area contributed by atoms with Crippen LogP contribution in [-0.2, 0) is 0 Å². The average molecular weight is 190 g/mol. The molecule has 1 rings (SSSR count). The van der Waals surface area contributed by atoms with Crippen molar-refractivity contribution in [2.75, 3.05) is 0 Å². The topological polar surface area (TPSA) is 24.4 Å². The second-order valence-electron chi connectivity index (χ2n) is 3.65. The number of nitrogens with zero attached hydrogens (tertiary/aromatic N) is 1. The number of dihydropyridines is 1. The van der Waals surface area contributed by atoms with Crippen LogP contribution < -0.4 is 5.32 Å². The first-order chi connectivity index (χ1) is 6.65. The Hall–Kier alpha value is -1.31. The molecule has 1 heterocycles. The van der Waals surface area contributed by atoms with Gasteiger partial charge in [-0.15, -0.1) is 0 Å². The highest BCUT2D eigenvalue weighted by atomic mass is 14.9. The highest BCUT2D eigenvalue weighted by molar-refractivity contribution is 5.63. The van der Waals surface area contributed by atoms with E-state index in [4.69, 9.17) is 0 Å². The Labute approximate surface area is 86.1 Å². The van der Waals surface area contributed by atoms with E-state index in [2.05, 4.69) is 30.7 Å². The minimum atomic E-state index is 0.522. The molecule has 1 N–H and O–H groups in total. The lowest BCUT2D eigenvalue weighted by molar-refractivity contribution is 0.753. The molecule has 0 aliphatic carbocycles. The highest BCUT2D eigenvalue weighted by Crippen LogP contribution is 2.17. The Morgan fingerprint density at radius 1 is 1.64 bits per heavy atom. The Kier molecular flexibility index (Phi) is 3.69. The van der Waals surface area contributed by atoms with Gasteiger partial charge in [0.15, 0.2) is 0 Å². The van der Waals surface area contributed by atoms with Crippen molar-refractivity contribution >= 4 is 6.21 Å². The van der Waals surface area contributed by atoms with Crippen LogP contribution in [0, 0.1) is 5.92 Å². The molecule has 0 aromatic heterocycles. The van der Waals surface area contributed by atoms with Crippen molar-refractivity contribution in [1.82, 2.24) is 5.32 Å². The summed E-state index contributed by atoms with van der Waals surface area (Å²) in [6.07, 6.45) is 7.01. The number of hydrogen-bond donors (Lipinski definition) is 1. The summed E-state index contributed by atoms with van der Waals surface area (Å²) in [6, 6.07) is 0. The van der Waals surface area contributed by atoms with Gasteiger partial charge in [-0.3, -0.25) is 4.99 Å². The maximum atomic E-state index is 4.46. The van der Waals surface area contributed by atoms with Gasteiger partial charge >= 0.3 is 0 Å². The fourth-order valence-corrected chi connectivity index (χ4v) is 1.14. The predicted molar refractivity (Wildman–Crippen MR) is 62.1 cm³/mol. The van der Waals surface area contributed by atoms with E-state index in [1.165, 1.54) is 0 Å². The first kappa shape index (κ1) is 10.8. The van der Waals surface area contributed by atoms with Crippen molar-refractivity contribution in [1.29, 1.82) is 0 Å². The zero-order valence-corrected chi connectivity index (χ0v) is 9.17. The first-order valence-corrected chi connectivity index (χ1v) is 5.02. The maximum absolute atomic E-state index is 4.46. The zero-order chi connectivity index (χ0) is 10.6. The van der Waals surface area contributed by atoms with E-state index in [-0.39, 0.29) is 0 Å². The molecule has 76 valence electrons. The number of hydrogen-bond acceptors (Lipinski definition) is 2. The summed E-state index contributed by atoms with van der Waals surface area (Å²) in [4.78, 5) is 4.46. The van der Waals surface area contributed by atoms with Gasteiger partial charge in [0.2, 0.25) is 0 Å². The van der Waals surface area contributed by atoms with E-state index in [0.717, 1.165) is 23.4 Å². The summed E-state index contributed by atoms with van der Waals surface area (Å²) in [7, 11) is 0. The van der Waals surface area contributed by atoms with Gasteiger partial charge in [-0.1, -0.05) is 20.4 Å². The molecule has 14 heavy (non-hydrogen) atoms. The summed E-state index contributed by atoms with van der Waals surface area (Å²) in [5, 5.41) is 3.06. The molecule has 0 amide bonds. The predicted octanol–water partition coefficient (Wildman–Crippen LogP) is 3.01. The first-order valence-electron chi connectivity index (χ1n) is 5.02. The largest absolute Gasteiger partial charge is 0.360 e. The molecule has 1 aliphatic heterocycles. The van der Waals surface area contributed by atoms with E-state index in [1.807, 2.05) is 25.4 Å². The molecule has 0 saturated carbocycles. The third kappa shape index (κ3) is 2.59. The number of allylic oxidation sites excluding steroid dienone is 2. The Morgan fingerprint density at radius 2 is 2.36 bits per heavy atom. The summed E-state index contributed by atoms with van der Waals surface area (Å²) in [5.74, 6) is 0.522. The van der Waals surface area contributed by atoms with Crippen LogP contribution in [0.25, 0.3) is 0 Å². The molecular formula is C12H18N2. The highest BCUT2D eigenvalue weighted by Gasteiger charge is 2.06. The second kappa shape index (κ2) is 4.80. The average Bonchev–Trinajstić information content (AvgIpc) is 2.16. The molecule has 0 spiro atoms. The van der Waals surface area contributed by atoms with Crippen molar-refractivity contribution < 1.29 is 0 Å². The van der Waals surface area contributed by atoms with Gasteiger partial charge in [-0.05, 0) is 30.9 Å². The molecule has 1 unspecified atom stereocenters. The minimum Gasteiger partial charge on any atom is -0.360 e. The van der Waals surface area contributed by atoms with Gasteiger partial charge in [0.05, 0.1) is 11.4 Å². The third-order valence-corrected chi connectivity index (χ3v) is 2.35. The maximum Gasteiger partial charge on any atom is 0.0883 e. The molecule has 0 bridgehead atoms. The summed E-state index contributed by atoms with van der Waals surface area (Å²) in [5.41, 5.74) is 3.01. The number of nitrogens with one attached hydrogen (secondary N) is 1. The molecule has 0 aromatic carbocycles. The molecule has 1 atom stereocenters. The van der Waals surface area contributed by atoms with E-state index in [0.29, 0.717) is 5.92 Å². The van der Waals surface area contributed by atoms with Gasteiger partial charge in [0.25, 0.3) is 0 Å². The SMILES string of the molecule is C=C1NC=CC(C)=C1N=CC(C)CC. The lowest BCUT2D eigenvalue weighted by Crippen LogP contribution is -2.10. The normalized spacial score (nSPS) is 18.9. The van der Waals surface area contributed by atoms with E-state index in [9.17, 15) is 0 Å². The Balaban J connectivity index is 2.80. The summed E-state index contributed by atoms with van der Waals surface area (Å²) < 4.78 is 0. The van der Waals surface area contributed by atoms with Crippen molar-refractivity contribution in [3.63, 3.8) is 0 Å². The zero-order valence-electron chi connectivity index (χ0n) is 9.17. The molecule has 0 aromatic rings. The standard InChI is InChI=1S/C12H18N2/c1-5-9(2)8-14-12-10(3)6-7-13-11(12)4/h6-9,13H,4-5H2,1-3H3. The van der Waals surface area contributed by atoms with Crippen LogP contribution >= 0.6 is 0 Å². The quantitative estimate of drug-likeness (QED) is 0.680. The van der Waals surface area contributed by atoms with Crippen LogP contribution in [-0.4, -0.2) is 6.21 Å². The molecule has 0 radical (unpaired) electrons. The van der Waals surface area contributed by atoms with Gasteiger partial charge in [-0.2, -0.15) is 0 Å². The van der Waals surface area contributed by atoms with Crippen molar-refractivity contribution in [3.05, 3.63) is 35.8 Å². The van der Waals surface area contributed by atoms with Crippen LogP contribution in [0.4, 0.5) is 0 Å². The smallest absolute Gasteiger partial charge is 0.0883 e. The second-order valence-corrected chi connectivity index (χ2v) is 3.65. The summed E-state index contributed by atoms with van der Waals surface area (Å²) in [6.45, 7) is 10.3. The van der Waals surface area contributed by atoms with Crippen LogP contribution in [0.1, 0.15) is 27.2 Å². The van der Waals surface area contributed by atoms with Crippen LogP contribution in [0.3, 0.4) is 0 Å². The fraction of sp³-hybridized carbons (Fsp3) is 0.417. The monoisotopic (exact) mass is 190 g/mol. The molecule has 0 fully saturated rings. The minimum absolute atomic E-state index is 0.522. The van der Waals surface area contributed by atoms with Gasteiger partial charge in [0, 0.05) is 12.4 Å². The van der Waals surface area contributed by atoms with Gasteiger partial charge in [0.1, 0.15) is 0 Å². The van der Waals surface area contributed by atoms with Crippen molar-refractivity contribution in [2.45, 2.75) is 27.2 Å². The third-order valence-electron chi connectivity index (χ3n) is 2.35. The number of aliphatic imine (C=N–C) groups is 1.